The van der Waals surface area contributed by atoms with Gasteiger partial charge in [0.25, 0.3) is 0 Å². The molecule has 0 saturated heterocycles. The summed E-state index contributed by atoms with van der Waals surface area (Å²) in [7, 11) is 0. The molecule has 0 N–H and O–H groups in total. The first-order valence-electron chi connectivity index (χ1n) is 8.80. The summed E-state index contributed by atoms with van der Waals surface area (Å²) in [5.41, 5.74) is 3.98. The summed E-state index contributed by atoms with van der Waals surface area (Å²) in [6, 6.07) is 6.05. The van der Waals surface area contributed by atoms with Crippen LogP contribution in [0, 0.1) is 18.8 Å². The summed E-state index contributed by atoms with van der Waals surface area (Å²) in [6.07, 6.45) is 7.12. The zero-order valence-corrected chi connectivity index (χ0v) is 14.2. The van der Waals surface area contributed by atoms with E-state index in [1.165, 1.54) is 0 Å². The SMILES string of the molecule is CCc1ccc(-n2cc(C)cn2)cc1C1C(=O)C2CC[C@@H](C2)C1=O. The van der Waals surface area contributed by atoms with Gasteiger partial charge in [-0.1, -0.05) is 13.0 Å². The molecular formula is C20H22N2O2. The van der Waals surface area contributed by atoms with E-state index in [1.807, 2.05) is 42.2 Å². The van der Waals surface area contributed by atoms with Gasteiger partial charge in [0, 0.05) is 18.0 Å². The van der Waals surface area contributed by atoms with E-state index < -0.39 is 5.92 Å². The predicted octanol–water partition coefficient (Wildman–Crippen LogP) is 3.39. The predicted molar refractivity (Wildman–Crippen MR) is 91.3 cm³/mol. The van der Waals surface area contributed by atoms with Gasteiger partial charge in [0.2, 0.25) is 0 Å². The molecule has 2 saturated carbocycles. The molecule has 4 heteroatoms. The topological polar surface area (TPSA) is 52.0 Å². The second kappa shape index (κ2) is 5.69. The highest BCUT2D eigenvalue weighted by molar-refractivity contribution is 6.12. The molecule has 2 aliphatic rings. The van der Waals surface area contributed by atoms with Gasteiger partial charge in [-0.2, -0.15) is 5.10 Å². The standard InChI is InChI=1S/C20H22N2O2/c1-3-13-6-7-16(22-11-12(2)10-21-22)9-17(13)18-19(23)14-4-5-15(8-14)20(18)24/h6-7,9-11,14-15,18H,3-5,8H2,1-2H3/t14-,15?,18?/m0/s1. The van der Waals surface area contributed by atoms with Crippen LogP contribution in [0.5, 0.6) is 0 Å². The lowest BCUT2D eigenvalue weighted by molar-refractivity contribution is -0.135. The summed E-state index contributed by atoms with van der Waals surface area (Å²) >= 11 is 0. The maximum Gasteiger partial charge on any atom is 0.150 e. The first kappa shape index (κ1) is 15.3. The van der Waals surface area contributed by atoms with Crippen LogP contribution < -0.4 is 0 Å². The highest BCUT2D eigenvalue weighted by Crippen LogP contribution is 2.44. The third-order valence-corrected chi connectivity index (χ3v) is 5.60. The van der Waals surface area contributed by atoms with Gasteiger partial charge in [0.15, 0.2) is 11.6 Å². The minimum atomic E-state index is -0.567. The van der Waals surface area contributed by atoms with Gasteiger partial charge in [-0.15, -0.1) is 0 Å². The van der Waals surface area contributed by atoms with Gasteiger partial charge in [-0.3, -0.25) is 9.59 Å². The van der Waals surface area contributed by atoms with Gasteiger partial charge >= 0.3 is 0 Å². The van der Waals surface area contributed by atoms with Crippen molar-refractivity contribution in [1.29, 1.82) is 0 Å². The van der Waals surface area contributed by atoms with Crippen molar-refractivity contribution in [1.82, 2.24) is 9.78 Å². The van der Waals surface area contributed by atoms with E-state index in [9.17, 15) is 9.59 Å². The number of aryl methyl sites for hydroxylation is 2. The molecule has 2 fully saturated rings. The van der Waals surface area contributed by atoms with E-state index in [4.69, 9.17) is 0 Å². The van der Waals surface area contributed by atoms with E-state index >= 15 is 0 Å². The van der Waals surface area contributed by atoms with Crippen molar-refractivity contribution < 1.29 is 9.59 Å². The number of Topliss-reactive ketones (excluding diaryl/α,β-unsaturated/α-hetero) is 2. The maximum atomic E-state index is 12.9. The number of fused-ring (bicyclic) bond motifs is 2. The maximum absolute atomic E-state index is 12.9. The van der Waals surface area contributed by atoms with Crippen LogP contribution in [0.4, 0.5) is 0 Å². The van der Waals surface area contributed by atoms with Crippen molar-refractivity contribution >= 4 is 11.6 Å². The monoisotopic (exact) mass is 322 g/mol. The van der Waals surface area contributed by atoms with E-state index in [0.717, 1.165) is 48.1 Å². The molecular weight excluding hydrogens is 300 g/mol. The molecule has 24 heavy (non-hydrogen) atoms. The van der Waals surface area contributed by atoms with Crippen LogP contribution >= 0.6 is 0 Å². The highest BCUT2D eigenvalue weighted by Gasteiger charge is 2.47. The van der Waals surface area contributed by atoms with Crippen molar-refractivity contribution in [3.63, 3.8) is 0 Å². The molecule has 4 rings (SSSR count). The Bertz CT molecular complexity index is 799. The van der Waals surface area contributed by atoms with Gasteiger partial charge in [0.1, 0.15) is 5.92 Å². The van der Waals surface area contributed by atoms with Crippen molar-refractivity contribution in [2.24, 2.45) is 11.8 Å². The number of nitrogens with zero attached hydrogens (tertiary/aromatic N) is 2. The van der Waals surface area contributed by atoms with E-state index in [0.29, 0.717) is 0 Å². The second-order valence-electron chi connectivity index (χ2n) is 7.14. The Morgan fingerprint density at radius 1 is 1.17 bits per heavy atom. The van der Waals surface area contributed by atoms with Crippen LogP contribution in [0.15, 0.2) is 30.6 Å². The molecule has 0 radical (unpaired) electrons. The lowest BCUT2D eigenvalue weighted by Crippen LogP contribution is -2.35. The van der Waals surface area contributed by atoms with Gasteiger partial charge in [-0.05, 0) is 61.4 Å². The lowest BCUT2D eigenvalue weighted by Gasteiger charge is -2.27. The van der Waals surface area contributed by atoms with E-state index in [1.54, 1.807) is 0 Å². The first-order valence-corrected chi connectivity index (χ1v) is 8.80. The molecule has 1 aromatic heterocycles. The Hall–Kier alpha value is -2.23. The van der Waals surface area contributed by atoms with E-state index in [2.05, 4.69) is 12.0 Å². The molecule has 4 nitrogen and oxygen atoms in total. The Labute approximate surface area is 141 Å². The second-order valence-corrected chi connectivity index (χ2v) is 7.14. The number of hydrogen-bond donors (Lipinski definition) is 0. The zero-order chi connectivity index (χ0) is 16.8. The fraction of sp³-hybridized carbons (Fsp3) is 0.450. The summed E-state index contributed by atoms with van der Waals surface area (Å²) in [5, 5.41) is 4.35. The molecule has 2 unspecified atom stereocenters. The molecule has 0 amide bonds. The minimum absolute atomic E-state index is 0.0815. The van der Waals surface area contributed by atoms with Crippen LogP contribution in [0.1, 0.15) is 48.8 Å². The van der Waals surface area contributed by atoms with Gasteiger partial charge < -0.3 is 0 Å². The van der Waals surface area contributed by atoms with Crippen molar-refractivity contribution in [3.8, 4) is 5.69 Å². The van der Waals surface area contributed by atoms with Crippen LogP contribution in [0.25, 0.3) is 5.69 Å². The summed E-state index contributed by atoms with van der Waals surface area (Å²) in [4.78, 5) is 25.7. The third kappa shape index (κ3) is 2.32. The Balaban J connectivity index is 1.81. The van der Waals surface area contributed by atoms with Crippen molar-refractivity contribution in [2.75, 3.05) is 0 Å². The third-order valence-electron chi connectivity index (χ3n) is 5.60. The Kier molecular flexibility index (Phi) is 3.63. The van der Waals surface area contributed by atoms with Crippen LogP contribution in [-0.4, -0.2) is 21.3 Å². The van der Waals surface area contributed by atoms with Gasteiger partial charge in [0.05, 0.1) is 11.9 Å². The Morgan fingerprint density at radius 2 is 1.88 bits per heavy atom. The lowest BCUT2D eigenvalue weighted by atomic mass is 9.74. The molecule has 0 aliphatic heterocycles. The molecule has 2 bridgehead atoms. The zero-order valence-electron chi connectivity index (χ0n) is 14.2. The minimum Gasteiger partial charge on any atom is -0.298 e. The van der Waals surface area contributed by atoms with Crippen LogP contribution in [-0.2, 0) is 16.0 Å². The van der Waals surface area contributed by atoms with E-state index in [-0.39, 0.29) is 23.4 Å². The van der Waals surface area contributed by atoms with Crippen molar-refractivity contribution in [2.45, 2.75) is 45.4 Å². The van der Waals surface area contributed by atoms with Crippen molar-refractivity contribution in [3.05, 3.63) is 47.3 Å². The van der Waals surface area contributed by atoms with Gasteiger partial charge in [-0.25, -0.2) is 4.68 Å². The average molecular weight is 322 g/mol. The number of ketones is 2. The van der Waals surface area contributed by atoms with Crippen LogP contribution in [0.3, 0.4) is 0 Å². The number of hydrogen-bond acceptors (Lipinski definition) is 3. The fourth-order valence-corrected chi connectivity index (χ4v) is 4.29. The molecule has 2 aromatic rings. The molecule has 3 atom stereocenters. The summed E-state index contributed by atoms with van der Waals surface area (Å²) in [6.45, 7) is 4.07. The highest BCUT2D eigenvalue weighted by atomic mass is 16.2. The number of benzene rings is 1. The number of carbonyl (C=O) groups excluding carboxylic acids is 2. The molecule has 0 spiro atoms. The summed E-state index contributed by atoms with van der Waals surface area (Å²) < 4.78 is 1.81. The summed E-state index contributed by atoms with van der Waals surface area (Å²) in [5.74, 6) is -0.131. The molecule has 2 aliphatic carbocycles. The van der Waals surface area contributed by atoms with Crippen LogP contribution in [0.2, 0.25) is 0 Å². The average Bonchev–Trinajstić information content (AvgIpc) is 3.21. The number of aromatic nitrogens is 2. The first-order chi connectivity index (χ1) is 11.6. The molecule has 124 valence electrons. The number of carbonyl (C=O) groups is 2. The molecule has 1 heterocycles. The molecule has 1 aromatic carbocycles. The fourth-order valence-electron chi connectivity index (χ4n) is 4.29. The smallest absolute Gasteiger partial charge is 0.150 e. The quantitative estimate of drug-likeness (QED) is 0.814. The Morgan fingerprint density at radius 3 is 2.46 bits per heavy atom. The number of rotatable bonds is 3. The largest absolute Gasteiger partial charge is 0.298 e. The normalized spacial score (nSPS) is 26.2.